The lowest BCUT2D eigenvalue weighted by Crippen LogP contribution is -2.25. The molecule has 4 aromatic rings. The molecule has 0 spiro atoms. The smallest absolute Gasteiger partial charge is 0.141 e. The van der Waals surface area contributed by atoms with Crippen molar-refractivity contribution in [2.75, 3.05) is 6.61 Å². The molecule has 0 bridgehead atoms. The molecule has 0 fully saturated rings. The summed E-state index contributed by atoms with van der Waals surface area (Å²) in [6.07, 6.45) is 0. The molecule has 0 amide bonds. The van der Waals surface area contributed by atoms with Gasteiger partial charge in [-0.2, -0.15) is 0 Å². The van der Waals surface area contributed by atoms with Gasteiger partial charge in [-0.15, -0.1) is 0 Å². The van der Waals surface area contributed by atoms with E-state index in [4.69, 9.17) is 16.3 Å². The molecule has 3 nitrogen and oxygen atoms in total. The Labute approximate surface area is 180 Å². The number of hydrogen-bond acceptors (Lipinski definition) is 2. The van der Waals surface area contributed by atoms with Crippen LogP contribution in [0.1, 0.15) is 25.1 Å². The van der Waals surface area contributed by atoms with E-state index in [9.17, 15) is 9.50 Å². The van der Waals surface area contributed by atoms with Gasteiger partial charge in [0, 0.05) is 22.2 Å². The lowest BCUT2D eigenvalue weighted by atomic mass is 9.90. The molecular formula is C25H23ClFNO2. The molecular weight excluding hydrogens is 401 g/mol. The lowest BCUT2D eigenvalue weighted by Gasteiger charge is -2.24. The highest BCUT2D eigenvalue weighted by Crippen LogP contribution is 2.37. The first-order valence-corrected chi connectivity index (χ1v) is 10.2. The van der Waals surface area contributed by atoms with E-state index in [1.807, 2.05) is 73.0 Å². The summed E-state index contributed by atoms with van der Waals surface area (Å²) < 4.78 is 21.9. The van der Waals surface area contributed by atoms with Crippen LogP contribution in [0.25, 0.3) is 16.6 Å². The molecule has 0 aliphatic carbocycles. The molecule has 0 saturated heterocycles. The van der Waals surface area contributed by atoms with E-state index < -0.39 is 11.2 Å². The average Bonchev–Trinajstić information content (AvgIpc) is 3.16. The summed E-state index contributed by atoms with van der Waals surface area (Å²) in [7, 11) is 0. The van der Waals surface area contributed by atoms with Crippen molar-refractivity contribution < 1.29 is 14.2 Å². The zero-order valence-electron chi connectivity index (χ0n) is 16.9. The normalized spacial score (nSPS) is 11.8. The number of aliphatic hydroxyl groups excluding tert-OH is 1. The number of fused-ring (bicyclic) bond motifs is 1. The maximum Gasteiger partial charge on any atom is 0.141 e. The van der Waals surface area contributed by atoms with Crippen LogP contribution in [0, 0.1) is 5.82 Å². The summed E-state index contributed by atoms with van der Waals surface area (Å²) in [6, 6.07) is 22.5. The first kappa shape index (κ1) is 20.5. The largest absolute Gasteiger partial charge is 0.488 e. The lowest BCUT2D eigenvalue weighted by molar-refractivity contribution is 0.214. The molecule has 0 atom stereocenters. The number of ether oxygens (including phenoxy) is 1. The summed E-state index contributed by atoms with van der Waals surface area (Å²) in [5, 5.41) is 11.0. The Morgan fingerprint density at radius 1 is 1.00 bits per heavy atom. The quantitative estimate of drug-likeness (QED) is 0.396. The highest BCUT2D eigenvalue weighted by atomic mass is 35.5. The molecule has 0 aliphatic heterocycles. The second kappa shape index (κ2) is 8.13. The third-order valence-corrected chi connectivity index (χ3v) is 5.58. The minimum Gasteiger partial charge on any atom is -0.488 e. The van der Waals surface area contributed by atoms with Gasteiger partial charge in [0.25, 0.3) is 0 Å². The standard InChI is InChI=1S/C25H23ClFNO2/c1-25(2,16-29)24-14-19-22(28(24)18-11-12-21(27)20(26)13-18)9-6-10-23(19)30-15-17-7-4-3-5-8-17/h3-14,29H,15-16H2,1-2H3. The fraction of sp³-hybridized carbons (Fsp3) is 0.200. The fourth-order valence-corrected chi connectivity index (χ4v) is 3.72. The molecule has 0 radical (unpaired) electrons. The summed E-state index contributed by atoms with van der Waals surface area (Å²) in [4.78, 5) is 0. The van der Waals surface area contributed by atoms with Crippen LogP contribution in [0.5, 0.6) is 5.75 Å². The molecule has 30 heavy (non-hydrogen) atoms. The maximum atomic E-state index is 13.8. The number of benzene rings is 3. The molecule has 3 aromatic carbocycles. The van der Waals surface area contributed by atoms with E-state index in [2.05, 4.69) is 0 Å². The predicted octanol–water partition coefficient (Wildman–Crippen LogP) is 6.27. The first-order chi connectivity index (χ1) is 14.4. The van der Waals surface area contributed by atoms with Crippen LogP contribution in [-0.2, 0) is 12.0 Å². The summed E-state index contributed by atoms with van der Waals surface area (Å²) in [6.45, 7) is 4.34. The zero-order valence-corrected chi connectivity index (χ0v) is 17.7. The van der Waals surface area contributed by atoms with Gasteiger partial charge in [-0.1, -0.05) is 61.8 Å². The second-order valence-corrected chi connectivity index (χ2v) is 8.38. The SMILES string of the molecule is CC(C)(CO)c1cc2c(OCc3ccccc3)cccc2n1-c1ccc(F)c(Cl)c1. The van der Waals surface area contributed by atoms with Crippen molar-refractivity contribution in [1.29, 1.82) is 0 Å². The Morgan fingerprint density at radius 2 is 1.77 bits per heavy atom. The van der Waals surface area contributed by atoms with Gasteiger partial charge in [0.1, 0.15) is 18.2 Å². The minimum absolute atomic E-state index is 0.0432. The van der Waals surface area contributed by atoms with Gasteiger partial charge in [0.05, 0.1) is 17.1 Å². The van der Waals surface area contributed by atoms with Gasteiger partial charge in [-0.25, -0.2) is 4.39 Å². The monoisotopic (exact) mass is 423 g/mol. The zero-order chi connectivity index (χ0) is 21.3. The van der Waals surface area contributed by atoms with Crippen molar-refractivity contribution in [3.63, 3.8) is 0 Å². The number of rotatable bonds is 6. The Bertz CT molecular complexity index is 1180. The number of aliphatic hydroxyl groups is 1. The molecule has 4 rings (SSSR count). The van der Waals surface area contributed by atoms with Crippen LogP contribution in [-0.4, -0.2) is 16.3 Å². The summed E-state index contributed by atoms with van der Waals surface area (Å²) in [5.74, 6) is 0.282. The average molecular weight is 424 g/mol. The first-order valence-electron chi connectivity index (χ1n) is 9.79. The number of nitrogens with zero attached hydrogens (tertiary/aromatic N) is 1. The molecule has 1 aromatic heterocycles. The van der Waals surface area contributed by atoms with Crippen molar-refractivity contribution in [3.05, 3.63) is 94.9 Å². The maximum absolute atomic E-state index is 13.8. The Kier molecular flexibility index (Phi) is 5.54. The van der Waals surface area contributed by atoms with Crippen molar-refractivity contribution >= 4 is 22.5 Å². The van der Waals surface area contributed by atoms with E-state index in [0.717, 1.165) is 33.6 Å². The minimum atomic E-state index is -0.531. The summed E-state index contributed by atoms with van der Waals surface area (Å²) >= 11 is 6.07. The van der Waals surface area contributed by atoms with Crippen molar-refractivity contribution in [1.82, 2.24) is 4.57 Å². The van der Waals surface area contributed by atoms with Crippen molar-refractivity contribution in [2.24, 2.45) is 0 Å². The van der Waals surface area contributed by atoms with Crippen LogP contribution in [0.2, 0.25) is 5.02 Å². The number of aromatic nitrogens is 1. The highest BCUT2D eigenvalue weighted by molar-refractivity contribution is 6.30. The van der Waals surface area contributed by atoms with E-state index >= 15 is 0 Å². The predicted molar refractivity (Wildman–Crippen MR) is 119 cm³/mol. The Hall–Kier alpha value is -2.82. The molecule has 0 aliphatic rings. The molecule has 0 unspecified atom stereocenters. The fourth-order valence-electron chi connectivity index (χ4n) is 3.55. The molecule has 154 valence electrons. The van der Waals surface area contributed by atoms with Gasteiger partial charge in [0.15, 0.2) is 0 Å². The highest BCUT2D eigenvalue weighted by Gasteiger charge is 2.27. The van der Waals surface area contributed by atoms with Gasteiger partial charge in [0.2, 0.25) is 0 Å². The Balaban J connectivity index is 1.87. The van der Waals surface area contributed by atoms with Gasteiger partial charge in [-0.3, -0.25) is 0 Å². The van der Waals surface area contributed by atoms with E-state index in [-0.39, 0.29) is 11.6 Å². The third-order valence-electron chi connectivity index (χ3n) is 5.29. The van der Waals surface area contributed by atoms with Crippen molar-refractivity contribution in [2.45, 2.75) is 25.9 Å². The molecule has 0 saturated carbocycles. The second-order valence-electron chi connectivity index (χ2n) is 7.97. The van der Waals surface area contributed by atoms with Gasteiger partial charge < -0.3 is 14.4 Å². The van der Waals surface area contributed by atoms with E-state index in [0.29, 0.717) is 6.61 Å². The molecule has 5 heteroatoms. The number of halogens is 2. The summed E-state index contributed by atoms with van der Waals surface area (Å²) in [5.41, 5.74) is 3.07. The molecule has 1 heterocycles. The van der Waals surface area contributed by atoms with Crippen LogP contribution in [0.4, 0.5) is 4.39 Å². The van der Waals surface area contributed by atoms with Crippen molar-refractivity contribution in [3.8, 4) is 11.4 Å². The van der Waals surface area contributed by atoms with E-state index in [1.165, 1.54) is 6.07 Å². The van der Waals surface area contributed by atoms with Crippen LogP contribution in [0.15, 0.2) is 72.8 Å². The number of hydrogen-bond donors (Lipinski definition) is 1. The third kappa shape index (κ3) is 3.81. The van der Waals surface area contributed by atoms with Gasteiger partial charge in [-0.05, 0) is 42.0 Å². The van der Waals surface area contributed by atoms with Crippen LogP contribution < -0.4 is 4.74 Å². The van der Waals surface area contributed by atoms with E-state index in [1.54, 1.807) is 12.1 Å². The molecule has 1 N–H and O–H groups in total. The topological polar surface area (TPSA) is 34.4 Å². The van der Waals surface area contributed by atoms with Gasteiger partial charge >= 0.3 is 0 Å². The Morgan fingerprint density at radius 3 is 2.47 bits per heavy atom. The van der Waals surface area contributed by atoms with Crippen LogP contribution in [0.3, 0.4) is 0 Å². The van der Waals surface area contributed by atoms with Crippen LogP contribution >= 0.6 is 11.6 Å².